The summed E-state index contributed by atoms with van der Waals surface area (Å²) < 4.78 is 5.35. The van der Waals surface area contributed by atoms with Gasteiger partial charge in [-0.25, -0.2) is 4.79 Å². The van der Waals surface area contributed by atoms with Gasteiger partial charge in [-0.05, 0) is 51.3 Å². The summed E-state index contributed by atoms with van der Waals surface area (Å²) in [5, 5.41) is 12.0. The summed E-state index contributed by atoms with van der Waals surface area (Å²) in [6.45, 7) is 5.71. The van der Waals surface area contributed by atoms with Crippen molar-refractivity contribution < 1.29 is 24.2 Å². The molecule has 1 aromatic rings. The number of benzene rings is 1. The maximum atomic E-state index is 12.7. The van der Waals surface area contributed by atoms with E-state index in [1.165, 1.54) is 17.0 Å². The first-order valence-corrected chi connectivity index (χ1v) is 8.94. The summed E-state index contributed by atoms with van der Waals surface area (Å²) in [6, 6.07) is 4.69. The summed E-state index contributed by atoms with van der Waals surface area (Å²) in [5.41, 5.74) is 5.52. The molecule has 4 N–H and O–H groups in total. The highest BCUT2D eigenvalue weighted by atomic mass is 16.6. The Hall–Kier alpha value is -2.77. The number of nitrogens with two attached hydrogens (primary N) is 1. The molecule has 2 atom stereocenters. The van der Waals surface area contributed by atoms with Crippen molar-refractivity contribution in [3.8, 4) is 5.75 Å². The number of rotatable bonds is 5. The number of carbonyl (C=O) groups excluding carboxylic acids is 3. The van der Waals surface area contributed by atoms with Gasteiger partial charge in [-0.15, -0.1) is 0 Å². The van der Waals surface area contributed by atoms with Crippen molar-refractivity contribution in [3.63, 3.8) is 0 Å². The van der Waals surface area contributed by atoms with Gasteiger partial charge in [-0.2, -0.15) is 0 Å². The Morgan fingerprint density at radius 2 is 1.93 bits per heavy atom. The van der Waals surface area contributed by atoms with Crippen molar-refractivity contribution in [1.82, 2.24) is 10.2 Å². The molecule has 0 aliphatic carbocycles. The Morgan fingerprint density at radius 1 is 1.30 bits per heavy atom. The molecular weight excluding hydrogens is 350 g/mol. The van der Waals surface area contributed by atoms with E-state index in [0.717, 1.165) is 5.56 Å². The largest absolute Gasteiger partial charge is 0.508 e. The number of nitrogens with zero attached hydrogens (tertiary/aromatic N) is 1. The number of phenolic OH excluding ortho intramolecular Hbond substituents is 1. The summed E-state index contributed by atoms with van der Waals surface area (Å²) >= 11 is 0. The van der Waals surface area contributed by atoms with Crippen LogP contribution in [0.15, 0.2) is 24.3 Å². The van der Waals surface area contributed by atoms with Crippen LogP contribution in [0, 0.1) is 0 Å². The van der Waals surface area contributed by atoms with Crippen LogP contribution in [0.1, 0.15) is 39.2 Å². The number of hydrogen-bond acceptors (Lipinski definition) is 5. The quantitative estimate of drug-likeness (QED) is 0.714. The molecule has 0 aromatic heterocycles. The maximum absolute atomic E-state index is 12.7. The fourth-order valence-corrected chi connectivity index (χ4v) is 2.94. The number of phenols is 1. The van der Waals surface area contributed by atoms with Crippen LogP contribution in [-0.2, 0) is 20.7 Å². The number of carbonyl (C=O) groups is 3. The summed E-state index contributed by atoms with van der Waals surface area (Å²) in [5.74, 6) is -0.989. The van der Waals surface area contributed by atoms with E-state index in [9.17, 15) is 19.5 Å². The number of ether oxygens (including phenoxy) is 1. The summed E-state index contributed by atoms with van der Waals surface area (Å²) in [6.07, 6.45) is 0.821. The first kappa shape index (κ1) is 20.5. The lowest BCUT2D eigenvalue weighted by Gasteiger charge is -2.28. The van der Waals surface area contributed by atoms with Crippen LogP contribution < -0.4 is 11.1 Å². The number of aromatic hydroxyl groups is 1. The fourth-order valence-electron chi connectivity index (χ4n) is 2.94. The molecule has 3 amide bonds. The zero-order valence-electron chi connectivity index (χ0n) is 15.9. The molecule has 1 heterocycles. The van der Waals surface area contributed by atoms with Crippen molar-refractivity contribution in [2.45, 2.75) is 57.7 Å². The molecule has 1 saturated heterocycles. The lowest BCUT2D eigenvalue weighted by atomic mass is 10.0. The van der Waals surface area contributed by atoms with E-state index in [-0.39, 0.29) is 12.2 Å². The van der Waals surface area contributed by atoms with Crippen molar-refractivity contribution >= 4 is 17.9 Å². The summed E-state index contributed by atoms with van der Waals surface area (Å²) in [7, 11) is 0. The lowest BCUT2D eigenvalue weighted by molar-refractivity contribution is -0.130. The first-order valence-electron chi connectivity index (χ1n) is 8.94. The molecule has 0 spiro atoms. The van der Waals surface area contributed by atoms with Gasteiger partial charge in [0, 0.05) is 13.0 Å². The molecule has 0 saturated carbocycles. The molecule has 8 nitrogen and oxygen atoms in total. The number of hydrogen-bond donors (Lipinski definition) is 3. The highest BCUT2D eigenvalue weighted by Gasteiger charge is 2.37. The number of nitrogens with one attached hydrogen (secondary N) is 1. The van der Waals surface area contributed by atoms with Crippen molar-refractivity contribution in [1.29, 1.82) is 0 Å². The van der Waals surface area contributed by atoms with E-state index in [2.05, 4.69) is 5.32 Å². The highest BCUT2D eigenvalue weighted by Crippen LogP contribution is 2.21. The maximum Gasteiger partial charge on any atom is 0.410 e. The molecule has 27 heavy (non-hydrogen) atoms. The highest BCUT2D eigenvalue weighted by molar-refractivity contribution is 5.91. The number of likely N-dealkylation sites (tertiary alicyclic amines) is 1. The predicted octanol–water partition coefficient (Wildman–Crippen LogP) is 1.30. The van der Waals surface area contributed by atoms with E-state index in [1.54, 1.807) is 32.9 Å². The molecule has 1 aliphatic rings. The Labute approximate surface area is 158 Å². The minimum Gasteiger partial charge on any atom is -0.508 e. The van der Waals surface area contributed by atoms with Crippen LogP contribution in [0.3, 0.4) is 0 Å². The Bertz CT molecular complexity index is 696. The molecule has 148 valence electrons. The topological polar surface area (TPSA) is 122 Å². The summed E-state index contributed by atoms with van der Waals surface area (Å²) in [4.78, 5) is 38.2. The van der Waals surface area contributed by atoms with Crippen molar-refractivity contribution in [2.24, 2.45) is 5.73 Å². The smallest absolute Gasteiger partial charge is 0.410 e. The third kappa shape index (κ3) is 5.87. The molecule has 0 radical (unpaired) electrons. The zero-order valence-corrected chi connectivity index (χ0v) is 15.9. The van der Waals surface area contributed by atoms with Gasteiger partial charge >= 0.3 is 6.09 Å². The molecule has 2 rings (SSSR count). The van der Waals surface area contributed by atoms with E-state index >= 15 is 0 Å². The Morgan fingerprint density at radius 3 is 2.48 bits per heavy atom. The molecular formula is C19H27N3O5. The van der Waals surface area contributed by atoms with Gasteiger partial charge in [0.25, 0.3) is 0 Å². The molecule has 0 unspecified atom stereocenters. The molecule has 1 aromatic carbocycles. The average Bonchev–Trinajstić information content (AvgIpc) is 3.04. The van der Waals surface area contributed by atoms with Gasteiger partial charge in [0.1, 0.15) is 23.4 Å². The van der Waals surface area contributed by atoms with Crippen LogP contribution in [0.2, 0.25) is 0 Å². The minimum absolute atomic E-state index is 0.109. The third-order valence-electron chi connectivity index (χ3n) is 4.22. The molecule has 1 fully saturated rings. The monoisotopic (exact) mass is 377 g/mol. The van der Waals surface area contributed by atoms with Gasteiger partial charge in [-0.3, -0.25) is 14.5 Å². The van der Waals surface area contributed by atoms with Gasteiger partial charge in [0.15, 0.2) is 0 Å². The van der Waals surface area contributed by atoms with Gasteiger partial charge in [0.2, 0.25) is 11.8 Å². The van der Waals surface area contributed by atoms with E-state index in [4.69, 9.17) is 10.5 Å². The number of primary amides is 1. The van der Waals surface area contributed by atoms with Crippen molar-refractivity contribution in [3.05, 3.63) is 29.8 Å². The van der Waals surface area contributed by atoms with Crippen LogP contribution in [-0.4, -0.2) is 52.1 Å². The second-order valence-corrected chi connectivity index (χ2v) is 7.67. The lowest BCUT2D eigenvalue weighted by Crippen LogP contribution is -2.53. The minimum atomic E-state index is -0.914. The van der Waals surface area contributed by atoms with Gasteiger partial charge in [0.05, 0.1) is 0 Å². The fraction of sp³-hybridized carbons (Fsp3) is 0.526. The average molecular weight is 377 g/mol. The molecule has 8 heteroatoms. The van der Waals surface area contributed by atoms with Crippen LogP contribution >= 0.6 is 0 Å². The molecule has 0 bridgehead atoms. The van der Waals surface area contributed by atoms with Crippen LogP contribution in [0.25, 0.3) is 0 Å². The number of amides is 3. The van der Waals surface area contributed by atoms with E-state index < -0.39 is 35.6 Å². The third-order valence-corrected chi connectivity index (χ3v) is 4.22. The predicted molar refractivity (Wildman–Crippen MR) is 98.9 cm³/mol. The first-order chi connectivity index (χ1) is 12.6. The van der Waals surface area contributed by atoms with Crippen LogP contribution in [0.5, 0.6) is 5.75 Å². The van der Waals surface area contributed by atoms with Gasteiger partial charge in [-0.1, -0.05) is 12.1 Å². The second-order valence-electron chi connectivity index (χ2n) is 7.67. The second kappa shape index (κ2) is 8.28. The Kier molecular flexibility index (Phi) is 6.30. The van der Waals surface area contributed by atoms with Gasteiger partial charge < -0.3 is 20.9 Å². The SMILES string of the molecule is CC(C)(C)OC(=O)N1CCC[C@H]1C(=O)N[C@@H](Cc1ccc(O)cc1)C(N)=O. The van der Waals surface area contributed by atoms with E-state index in [0.29, 0.717) is 19.4 Å². The standard InChI is InChI=1S/C19H27N3O5/c1-19(2,3)27-18(26)22-10-4-5-15(22)17(25)21-14(16(20)24)11-12-6-8-13(23)9-7-12/h6-9,14-15,23H,4-5,10-11H2,1-3H3,(H2,20,24)(H,21,25)/t14-,15-/m0/s1. The van der Waals surface area contributed by atoms with E-state index in [1.807, 2.05) is 0 Å². The molecule has 1 aliphatic heterocycles. The zero-order chi connectivity index (χ0) is 20.2. The normalized spacial score (nSPS) is 18.0. The van der Waals surface area contributed by atoms with Crippen LogP contribution in [0.4, 0.5) is 4.79 Å². The van der Waals surface area contributed by atoms with Crippen molar-refractivity contribution in [2.75, 3.05) is 6.54 Å². The Balaban J connectivity index is 2.04.